The van der Waals surface area contributed by atoms with Gasteiger partial charge in [-0.3, -0.25) is 9.59 Å². The zero-order valence-electron chi connectivity index (χ0n) is 19.5. The quantitative estimate of drug-likeness (QED) is 0.329. The number of likely N-dealkylation sites (tertiary alicyclic amines) is 1. The lowest BCUT2D eigenvalue weighted by atomic mass is 10.1. The Kier molecular flexibility index (Phi) is 6.29. The minimum Gasteiger partial charge on any atom is -0.503 e. The number of fused-ring (bicyclic) bond motifs is 1. The van der Waals surface area contributed by atoms with Crippen molar-refractivity contribution < 1.29 is 18.7 Å². The van der Waals surface area contributed by atoms with Crippen LogP contribution in [0.3, 0.4) is 0 Å². The number of primary amides is 1. The number of methoxy groups -OCH3 is 1. The van der Waals surface area contributed by atoms with Gasteiger partial charge in [0.05, 0.1) is 41.8 Å². The Morgan fingerprint density at radius 2 is 2.14 bits per heavy atom. The highest BCUT2D eigenvalue weighted by atomic mass is 19.1. The first-order chi connectivity index (χ1) is 16.8. The van der Waals surface area contributed by atoms with Crippen LogP contribution in [0.1, 0.15) is 34.1 Å². The van der Waals surface area contributed by atoms with Gasteiger partial charge in [-0.1, -0.05) is 12.5 Å². The molecule has 1 aliphatic heterocycles. The summed E-state index contributed by atoms with van der Waals surface area (Å²) in [5, 5.41) is 7.47. The number of hydrogen-bond acceptors (Lipinski definition) is 6. The van der Waals surface area contributed by atoms with Crippen molar-refractivity contribution in [3.8, 4) is 11.8 Å². The van der Waals surface area contributed by atoms with E-state index in [4.69, 9.17) is 10.5 Å². The van der Waals surface area contributed by atoms with Gasteiger partial charge in [-0.25, -0.2) is 14.1 Å². The van der Waals surface area contributed by atoms with E-state index in [-0.39, 0.29) is 35.3 Å². The number of imidazole rings is 1. The summed E-state index contributed by atoms with van der Waals surface area (Å²) in [5.41, 5.74) is 7.79. The smallest absolute Gasteiger partial charge is 0.255 e. The Labute approximate surface area is 200 Å². The number of carbonyl (C=O) groups is 2. The molecule has 11 heteroatoms. The van der Waals surface area contributed by atoms with Gasteiger partial charge in [-0.05, 0) is 18.1 Å². The topological polar surface area (TPSA) is 120 Å². The maximum absolute atomic E-state index is 14.7. The lowest BCUT2D eigenvalue weighted by Gasteiger charge is -2.16. The van der Waals surface area contributed by atoms with Gasteiger partial charge in [0.15, 0.2) is 5.69 Å². The molecule has 35 heavy (non-hydrogen) atoms. The van der Waals surface area contributed by atoms with Crippen LogP contribution in [0.15, 0.2) is 43.1 Å². The molecule has 0 radical (unpaired) electrons. The molecule has 0 unspecified atom stereocenters. The number of rotatable bonds is 5. The van der Waals surface area contributed by atoms with E-state index >= 15 is 0 Å². The van der Waals surface area contributed by atoms with Crippen molar-refractivity contribution in [2.24, 2.45) is 12.8 Å². The van der Waals surface area contributed by atoms with Crippen molar-refractivity contribution in [3.63, 3.8) is 0 Å². The number of aromatic nitrogens is 4. The number of anilines is 1. The number of ether oxygens (including phenoxy) is 1. The summed E-state index contributed by atoms with van der Waals surface area (Å²) in [5.74, 6) is 4.34. The summed E-state index contributed by atoms with van der Waals surface area (Å²) in [6.45, 7) is 3.81. The van der Waals surface area contributed by atoms with E-state index in [9.17, 15) is 14.0 Å². The standard InChI is InChI=1S/C24H24FN7O3/c1-5-21(33)31-11-15(9-16(31)12-35-4)32-24(27-2)22(23(26)34)18(29-32)7-6-14-8-19-20(10-17(14)25)30(3)13-28-19/h5,8,10,12-13,15,27H,1,9,11H2,2-4H3,(H2,26,34)/b16-12+/t15-/m0/s1. The first-order valence-corrected chi connectivity index (χ1v) is 10.7. The van der Waals surface area contributed by atoms with Crippen molar-refractivity contribution in [2.75, 3.05) is 26.0 Å². The minimum absolute atomic E-state index is 0.0742. The predicted molar refractivity (Wildman–Crippen MR) is 128 cm³/mol. The number of carbonyl (C=O) groups excluding carboxylic acids is 2. The SMILES string of the molecule is C=CC(=O)N1C[C@@H](n2nc(C#Cc3cc4ncn(C)c4cc3F)c(C(N)=O)c2NC)C/C1=C\OC. The number of nitrogens with one attached hydrogen (secondary N) is 1. The normalized spacial score (nSPS) is 16.3. The maximum atomic E-state index is 14.7. The van der Waals surface area contributed by atoms with Crippen LogP contribution in [-0.4, -0.2) is 56.7 Å². The molecule has 1 aromatic carbocycles. The third-order valence-corrected chi connectivity index (χ3v) is 5.75. The molecule has 1 fully saturated rings. The van der Waals surface area contributed by atoms with E-state index in [1.165, 1.54) is 36.5 Å². The molecule has 2 amide bonds. The Bertz CT molecular complexity index is 1440. The van der Waals surface area contributed by atoms with Crippen LogP contribution >= 0.6 is 0 Å². The molecule has 1 aliphatic rings. The van der Waals surface area contributed by atoms with Crippen LogP contribution in [0.2, 0.25) is 0 Å². The van der Waals surface area contributed by atoms with Crippen molar-refractivity contribution in [1.29, 1.82) is 0 Å². The highest BCUT2D eigenvalue weighted by molar-refractivity contribution is 6.00. The number of benzene rings is 1. The molecular formula is C24H24FN7O3. The van der Waals surface area contributed by atoms with Gasteiger partial charge in [0.25, 0.3) is 5.91 Å². The van der Waals surface area contributed by atoms with Crippen LogP contribution in [0.25, 0.3) is 11.0 Å². The van der Waals surface area contributed by atoms with Gasteiger partial charge in [0.1, 0.15) is 23.5 Å². The molecule has 3 aromatic rings. The Balaban J connectivity index is 1.77. The van der Waals surface area contributed by atoms with Crippen molar-refractivity contribution in [1.82, 2.24) is 24.2 Å². The summed E-state index contributed by atoms with van der Waals surface area (Å²) in [6.07, 6.45) is 4.68. The minimum atomic E-state index is -0.741. The molecule has 3 heterocycles. The Hall–Kier alpha value is -4.59. The molecule has 3 N–H and O–H groups in total. The van der Waals surface area contributed by atoms with Crippen LogP contribution in [0.4, 0.5) is 10.2 Å². The van der Waals surface area contributed by atoms with Gasteiger partial charge in [0.2, 0.25) is 5.91 Å². The second-order valence-corrected chi connectivity index (χ2v) is 7.91. The largest absolute Gasteiger partial charge is 0.503 e. The average molecular weight is 478 g/mol. The van der Waals surface area contributed by atoms with Gasteiger partial charge in [0, 0.05) is 33.1 Å². The van der Waals surface area contributed by atoms with Crippen molar-refractivity contribution in [3.05, 3.63) is 65.7 Å². The highest BCUT2D eigenvalue weighted by Crippen LogP contribution is 2.34. The van der Waals surface area contributed by atoms with E-state index in [1.807, 2.05) is 0 Å². The van der Waals surface area contributed by atoms with Crippen LogP contribution in [0, 0.1) is 17.7 Å². The summed E-state index contributed by atoms with van der Waals surface area (Å²) in [7, 11) is 4.88. The maximum Gasteiger partial charge on any atom is 0.255 e. The Morgan fingerprint density at radius 3 is 2.80 bits per heavy atom. The van der Waals surface area contributed by atoms with Gasteiger partial charge in [-0.15, -0.1) is 0 Å². The van der Waals surface area contributed by atoms with Gasteiger partial charge < -0.3 is 25.3 Å². The predicted octanol–water partition coefficient (Wildman–Crippen LogP) is 1.90. The zero-order chi connectivity index (χ0) is 25.3. The lowest BCUT2D eigenvalue weighted by molar-refractivity contribution is -0.123. The number of nitrogens with two attached hydrogens (primary N) is 1. The molecule has 1 saturated heterocycles. The number of nitrogens with zero attached hydrogens (tertiary/aromatic N) is 5. The molecule has 1 atom stereocenters. The van der Waals surface area contributed by atoms with E-state index in [2.05, 4.69) is 33.8 Å². The molecular weight excluding hydrogens is 453 g/mol. The van der Waals surface area contributed by atoms with Gasteiger partial charge >= 0.3 is 0 Å². The van der Waals surface area contributed by atoms with Crippen molar-refractivity contribution >= 4 is 28.7 Å². The summed E-state index contributed by atoms with van der Waals surface area (Å²) in [4.78, 5) is 30.4. The molecule has 0 aliphatic carbocycles. The van der Waals surface area contributed by atoms with E-state index in [0.29, 0.717) is 29.0 Å². The van der Waals surface area contributed by atoms with Crippen molar-refractivity contribution in [2.45, 2.75) is 12.5 Å². The third-order valence-electron chi connectivity index (χ3n) is 5.75. The number of amides is 2. The van der Waals surface area contributed by atoms with Gasteiger partial charge in [-0.2, -0.15) is 5.10 Å². The fourth-order valence-electron chi connectivity index (χ4n) is 4.13. The highest BCUT2D eigenvalue weighted by Gasteiger charge is 2.35. The number of aryl methyl sites for hydroxylation is 1. The summed E-state index contributed by atoms with van der Waals surface area (Å²) in [6, 6.07) is 2.56. The second-order valence-electron chi connectivity index (χ2n) is 7.91. The first kappa shape index (κ1) is 23.6. The summed E-state index contributed by atoms with van der Waals surface area (Å²) >= 11 is 0. The molecule has 0 bridgehead atoms. The molecule has 180 valence electrons. The van der Waals surface area contributed by atoms with Crippen LogP contribution in [-0.2, 0) is 16.6 Å². The molecule has 0 saturated carbocycles. The average Bonchev–Trinajstić information content (AvgIpc) is 3.52. The van der Waals surface area contributed by atoms with Crippen LogP contribution < -0.4 is 11.1 Å². The third kappa shape index (κ3) is 4.21. The zero-order valence-corrected chi connectivity index (χ0v) is 19.5. The lowest BCUT2D eigenvalue weighted by Crippen LogP contribution is -2.27. The monoisotopic (exact) mass is 477 g/mol. The van der Waals surface area contributed by atoms with E-state index in [1.54, 1.807) is 29.7 Å². The fraction of sp³-hybridized carbons (Fsp3) is 0.250. The molecule has 4 rings (SSSR count). The number of allylic oxidation sites excluding steroid dienone is 1. The first-order valence-electron chi connectivity index (χ1n) is 10.7. The molecule has 2 aromatic heterocycles. The van der Waals surface area contributed by atoms with E-state index in [0.717, 1.165) is 0 Å². The number of halogens is 1. The Morgan fingerprint density at radius 1 is 1.37 bits per heavy atom. The molecule has 10 nitrogen and oxygen atoms in total. The fourth-order valence-corrected chi connectivity index (χ4v) is 4.13. The molecule has 0 spiro atoms. The second kappa shape index (κ2) is 9.34. The van der Waals surface area contributed by atoms with Crippen LogP contribution in [0.5, 0.6) is 0 Å². The number of hydrogen-bond donors (Lipinski definition) is 2. The van der Waals surface area contributed by atoms with E-state index < -0.39 is 11.7 Å². The summed E-state index contributed by atoms with van der Waals surface area (Å²) < 4.78 is 23.1.